The third kappa shape index (κ3) is 4.89. The summed E-state index contributed by atoms with van der Waals surface area (Å²) < 4.78 is 27.0. The highest BCUT2D eigenvalue weighted by atomic mass is 35.5. The number of hydrogen-bond donors (Lipinski definition) is 2. The van der Waals surface area contributed by atoms with Crippen LogP contribution < -0.4 is 10.0 Å². The van der Waals surface area contributed by atoms with Crippen LogP contribution in [0.15, 0.2) is 59.5 Å². The number of sulfonamides is 1. The number of carbonyl (C=O) groups excluding carboxylic acids is 1. The van der Waals surface area contributed by atoms with Crippen molar-refractivity contribution in [2.24, 2.45) is 0 Å². The van der Waals surface area contributed by atoms with Gasteiger partial charge in [0, 0.05) is 10.6 Å². The van der Waals surface area contributed by atoms with Gasteiger partial charge in [0.05, 0.1) is 10.9 Å². The van der Waals surface area contributed by atoms with E-state index in [0.29, 0.717) is 10.0 Å². The monoisotopic (exact) mass is 422 g/mol. The van der Waals surface area contributed by atoms with Gasteiger partial charge in [0.1, 0.15) is 5.01 Å². The number of nitrogens with one attached hydrogen (secondary N) is 2. The molecule has 0 saturated heterocycles. The largest absolute Gasteiger partial charge is 0.299 e. The average molecular weight is 423 g/mol. The quantitative estimate of drug-likeness (QED) is 0.635. The minimum atomic E-state index is -3.85. The van der Waals surface area contributed by atoms with E-state index in [9.17, 15) is 13.2 Å². The van der Waals surface area contributed by atoms with Crippen LogP contribution in [0.5, 0.6) is 0 Å². The van der Waals surface area contributed by atoms with Crippen molar-refractivity contribution >= 4 is 44.0 Å². The summed E-state index contributed by atoms with van der Waals surface area (Å²) in [5, 5.41) is 11.9. The van der Waals surface area contributed by atoms with Gasteiger partial charge in [-0.25, -0.2) is 8.42 Å². The van der Waals surface area contributed by atoms with E-state index in [4.69, 9.17) is 11.6 Å². The normalized spacial score (nSPS) is 12.5. The molecule has 2 aromatic carbocycles. The number of halogens is 1. The first-order valence-corrected chi connectivity index (χ1v) is 10.5. The number of hydrogen-bond acceptors (Lipinski definition) is 6. The molecular weight excluding hydrogens is 408 g/mol. The van der Waals surface area contributed by atoms with Crippen molar-refractivity contribution in [2.45, 2.75) is 17.9 Å². The van der Waals surface area contributed by atoms with Crippen LogP contribution in [-0.4, -0.2) is 30.6 Å². The Morgan fingerprint density at radius 3 is 2.41 bits per heavy atom. The molecule has 0 fully saturated rings. The Labute approximate surface area is 165 Å². The second-order valence-corrected chi connectivity index (χ2v) is 8.69. The van der Waals surface area contributed by atoms with Gasteiger partial charge in [-0.05, 0) is 31.2 Å². The first-order chi connectivity index (χ1) is 12.8. The molecule has 0 unspecified atom stereocenters. The molecule has 0 bridgehead atoms. The Morgan fingerprint density at radius 2 is 1.74 bits per heavy atom. The highest BCUT2D eigenvalue weighted by Gasteiger charge is 2.23. The number of amides is 1. The van der Waals surface area contributed by atoms with E-state index in [0.717, 1.165) is 5.56 Å². The number of benzene rings is 2. The molecular formula is C17H15ClN4O3S2. The molecule has 0 aliphatic heterocycles. The zero-order valence-electron chi connectivity index (χ0n) is 14.1. The Balaban J connectivity index is 1.66. The van der Waals surface area contributed by atoms with Crippen LogP contribution in [0, 0.1) is 0 Å². The predicted molar refractivity (Wildman–Crippen MR) is 105 cm³/mol. The third-order valence-corrected chi connectivity index (χ3v) is 6.22. The summed E-state index contributed by atoms with van der Waals surface area (Å²) in [6.07, 6.45) is 0. The van der Waals surface area contributed by atoms with Crippen molar-refractivity contribution in [1.29, 1.82) is 0 Å². The van der Waals surface area contributed by atoms with Crippen molar-refractivity contribution in [3.63, 3.8) is 0 Å². The van der Waals surface area contributed by atoms with Crippen molar-refractivity contribution < 1.29 is 13.2 Å². The first-order valence-electron chi connectivity index (χ1n) is 7.83. The maximum Gasteiger partial charge on any atom is 0.244 e. The first kappa shape index (κ1) is 19.4. The molecule has 140 valence electrons. The second kappa shape index (κ2) is 8.13. The number of anilines is 1. The Kier molecular flexibility index (Phi) is 5.85. The molecule has 1 atom stereocenters. The summed E-state index contributed by atoms with van der Waals surface area (Å²) in [6, 6.07) is 14.1. The van der Waals surface area contributed by atoms with E-state index in [1.165, 1.54) is 42.5 Å². The molecule has 1 amide bonds. The van der Waals surface area contributed by atoms with Crippen LogP contribution in [0.1, 0.15) is 6.92 Å². The molecule has 7 nitrogen and oxygen atoms in total. The summed E-state index contributed by atoms with van der Waals surface area (Å²) in [5.74, 6) is -0.539. The second-order valence-electron chi connectivity index (χ2n) is 5.56. The molecule has 0 aliphatic rings. The van der Waals surface area contributed by atoms with Crippen LogP contribution in [0.4, 0.5) is 5.13 Å². The number of nitrogens with zero attached hydrogens (tertiary/aromatic N) is 2. The number of carbonyl (C=O) groups is 1. The highest BCUT2D eigenvalue weighted by molar-refractivity contribution is 7.89. The Bertz CT molecular complexity index is 1040. The van der Waals surface area contributed by atoms with E-state index in [1.54, 1.807) is 0 Å². The molecule has 10 heteroatoms. The van der Waals surface area contributed by atoms with E-state index in [2.05, 4.69) is 20.2 Å². The molecule has 2 N–H and O–H groups in total. The van der Waals surface area contributed by atoms with Gasteiger partial charge in [-0.1, -0.05) is 53.3 Å². The molecule has 0 saturated carbocycles. The van der Waals surface area contributed by atoms with Gasteiger partial charge in [0.15, 0.2) is 0 Å². The topological polar surface area (TPSA) is 101 Å². The maximum atomic E-state index is 12.3. The summed E-state index contributed by atoms with van der Waals surface area (Å²) in [5.41, 5.74) is 0.881. The van der Waals surface area contributed by atoms with Crippen LogP contribution in [0.25, 0.3) is 10.6 Å². The standard InChI is InChI=1S/C17H15ClN4O3S2/c1-11(22-27(24,25)14-9-7-13(18)8-10-14)15(23)19-17-21-20-16(26-17)12-5-3-2-4-6-12/h2-11,22H,1H3,(H,19,21,23)/t11-/m0/s1. The molecule has 27 heavy (non-hydrogen) atoms. The lowest BCUT2D eigenvalue weighted by molar-refractivity contribution is -0.117. The highest BCUT2D eigenvalue weighted by Crippen LogP contribution is 2.26. The van der Waals surface area contributed by atoms with E-state index >= 15 is 0 Å². The van der Waals surface area contributed by atoms with Crippen molar-refractivity contribution in [2.75, 3.05) is 5.32 Å². The molecule has 3 aromatic rings. The lowest BCUT2D eigenvalue weighted by Crippen LogP contribution is -2.41. The van der Waals surface area contributed by atoms with Gasteiger partial charge >= 0.3 is 0 Å². The van der Waals surface area contributed by atoms with E-state index < -0.39 is 22.0 Å². The Hall–Kier alpha value is -2.33. The summed E-state index contributed by atoms with van der Waals surface area (Å²) in [6.45, 7) is 1.45. The molecule has 0 aliphatic carbocycles. The van der Waals surface area contributed by atoms with Crippen molar-refractivity contribution in [3.05, 3.63) is 59.6 Å². The molecule has 3 rings (SSSR count). The van der Waals surface area contributed by atoms with Gasteiger partial charge in [-0.15, -0.1) is 10.2 Å². The molecule has 1 aromatic heterocycles. The molecule has 0 radical (unpaired) electrons. The average Bonchev–Trinajstić information content (AvgIpc) is 3.11. The number of aromatic nitrogens is 2. The van der Waals surface area contributed by atoms with Crippen LogP contribution in [0.2, 0.25) is 5.02 Å². The minimum Gasteiger partial charge on any atom is -0.299 e. The van der Waals surface area contributed by atoms with Crippen LogP contribution >= 0.6 is 22.9 Å². The smallest absolute Gasteiger partial charge is 0.244 e. The lowest BCUT2D eigenvalue weighted by Gasteiger charge is -2.13. The third-order valence-electron chi connectivity index (χ3n) is 3.53. The fourth-order valence-corrected chi connectivity index (χ4v) is 4.23. The van der Waals surface area contributed by atoms with Crippen molar-refractivity contribution in [3.8, 4) is 10.6 Å². The SMILES string of the molecule is C[C@H](NS(=O)(=O)c1ccc(Cl)cc1)C(=O)Nc1nnc(-c2ccccc2)s1. The fourth-order valence-electron chi connectivity index (χ4n) is 2.15. The van der Waals surface area contributed by atoms with Crippen LogP contribution in [-0.2, 0) is 14.8 Å². The van der Waals surface area contributed by atoms with Gasteiger partial charge in [-0.3, -0.25) is 10.1 Å². The summed E-state index contributed by atoms with van der Waals surface area (Å²) in [4.78, 5) is 12.3. The van der Waals surface area contributed by atoms with Gasteiger partial charge in [0.2, 0.25) is 21.1 Å². The number of rotatable bonds is 6. The van der Waals surface area contributed by atoms with Crippen LogP contribution in [0.3, 0.4) is 0 Å². The fraction of sp³-hybridized carbons (Fsp3) is 0.118. The summed E-state index contributed by atoms with van der Waals surface area (Å²) >= 11 is 6.97. The summed E-state index contributed by atoms with van der Waals surface area (Å²) in [7, 11) is -3.85. The predicted octanol–water partition coefficient (Wildman–Crippen LogP) is 3.16. The lowest BCUT2D eigenvalue weighted by atomic mass is 10.2. The maximum absolute atomic E-state index is 12.3. The zero-order valence-corrected chi connectivity index (χ0v) is 16.5. The zero-order chi connectivity index (χ0) is 19.4. The van der Waals surface area contributed by atoms with Gasteiger partial charge in [-0.2, -0.15) is 4.72 Å². The molecule has 0 spiro atoms. The van der Waals surface area contributed by atoms with Gasteiger partial charge < -0.3 is 0 Å². The Morgan fingerprint density at radius 1 is 1.07 bits per heavy atom. The molecule has 1 heterocycles. The van der Waals surface area contributed by atoms with E-state index in [1.807, 2.05) is 30.3 Å². The van der Waals surface area contributed by atoms with Crippen molar-refractivity contribution in [1.82, 2.24) is 14.9 Å². The minimum absolute atomic E-state index is 0.0221. The van der Waals surface area contributed by atoms with Gasteiger partial charge in [0.25, 0.3) is 0 Å². The van der Waals surface area contributed by atoms with E-state index in [-0.39, 0.29) is 10.0 Å².